The lowest BCUT2D eigenvalue weighted by molar-refractivity contribution is 0.301. The molecule has 0 bridgehead atoms. The van der Waals surface area contributed by atoms with E-state index < -0.39 is 0 Å². The zero-order chi connectivity index (χ0) is 15.2. The topological polar surface area (TPSA) is 21.3 Å². The minimum Gasteiger partial charge on any atom is -0.489 e. The van der Waals surface area contributed by atoms with Crippen molar-refractivity contribution >= 4 is 11.6 Å². The number of benzene rings is 2. The zero-order valence-electron chi connectivity index (χ0n) is 12.2. The van der Waals surface area contributed by atoms with Crippen molar-refractivity contribution < 1.29 is 9.13 Å². The highest BCUT2D eigenvalue weighted by molar-refractivity contribution is 6.30. The highest BCUT2D eigenvalue weighted by atomic mass is 35.5. The van der Waals surface area contributed by atoms with Gasteiger partial charge in [-0.05, 0) is 35.9 Å². The fraction of sp³-hybridized carbons (Fsp3) is 0.294. The number of nitrogens with one attached hydrogen (secondary N) is 1. The van der Waals surface area contributed by atoms with Gasteiger partial charge in [0.15, 0.2) is 0 Å². The molecule has 4 heteroatoms. The van der Waals surface area contributed by atoms with Crippen LogP contribution in [0.25, 0.3) is 0 Å². The first-order valence-corrected chi connectivity index (χ1v) is 7.31. The molecule has 0 radical (unpaired) electrons. The molecule has 0 aliphatic rings. The van der Waals surface area contributed by atoms with Gasteiger partial charge in [-0.3, -0.25) is 0 Å². The summed E-state index contributed by atoms with van der Waals surface area (Å²) in [5, 5.41) is 3.97. The molecule has 0 heterocycles. The summed E-state index contributed by atoms with van der Waals surface area (Å²) in [5.74, 6) is 0.439. The highest BCUT2D eigenvalue weighted by Gasteiger charge is 2.07. The predicted molar refractivity (Wildman–Crippen MR) is 84.2 cm³/mol. The van der Waals surface area contributed by atoms with E-state index in [-0.39, 0.29) is 5.82 Å². The van der Waals surface area contributed by atoms with E-state index >= 15 is 0 Å². The quantitative estimate of drug-likeness (QED) is 0.845. The number of hydrogen-bond acceptors (Lipinski definition) is 2. The second-order valence-electron chi connectivity index (χ2n) is 5.20. The molecule has 2 aromatic carbocycles. The number of hydrogen-bond donors (Lipinski definition) is 1. The van der Waals surface area contributed by atoms with Crippen molar-refractivity contribution in [3.63, 3.8) is 0 Å². The largest absolute Gasteiger partial charge is 0.489 e. The molecule has 0 aromatic heterocycles. The number of halogens is 2. The van der Waals surface area contributed by atoms with Crippen LogP contribution in [0.2, 0.25) is 5.02 Å². The van der Waals surface area contributed by atoms with Gasteiger partial charge in [0.25, 0.3) is 0 Å². The first-order valence-electron chi connectivity index (χ1n) is 6.93. The molecule has 0 saturated heterocycles. The van der Waals surface area contributed by atoms with Gasteiger partial charge in [0, 0.05) is 23.2 Å². The normalized spacial score (nSPS) is 10.9. The summed E-state index contributed by atoms with van der Waals surface area (Å²) in [4.78, 5) is 0. The molecule has 2 aromatic rings. The lowest BCUT2D eigenvalue weighted by Gasteiger charge is -2.14. The Bertz CT molecular complexity index is 584. The molecule has 0 amide bonds. The van der Waals surface area contributed by atoms with Crippen molar-refractivity contribution in [3.8, 4) is 5.75 Å². The summed E-state index contributed by atoms with van der Waals surface area (Å²) in [6.45, 7) is 5.10. The SMILES string of the molecule is CC(C)NCc1cc(F)ccc1OCc1ccc(Cl)cc1. The lowest BCUT2D eigenvalue weighted by Crippen LogP contribution is -2.22. The van der Waals surface area contributed by atoms with E-state index in [0.717, 1.165) is 11.1 Å². The minimum absolute atomic E-state index is 0.255. The third-order valence-corrected chi connectivity index (χ3v) is 3.28. The van der Waals surface area contributed by atoms with Gasteiger partial charge in [-0.15, -0.1) is 0 Å². The molecular weight excluding hydrogens is 289 g/mol. The van der Waals surface area contributed by atoms with Crippen LogP contribution < -0.4 is 10.1 Å². The predicted octanol–water partition coefficient (Wildman–Crippen LogP) is 4.56. The van der Waals surface area contributed by atoms with Crippen LogP contribution in [-0.2, 0) is 13.2 Å². The van der Waals surface area contributed by atoms with Crippen LogP contribution in [0.4, 0.5) is 4.39 Å². The van der Waals surface area contributed by atoms with Gasteiger partial charge in [0.1, 0.15) is 18.2 Å². The Morgan fingerprint density at radius 2 is 1.86 bits per heavy atom. The smallest absolute Gasteiger partial charge is 0.124 e. The summed E-state index contributed by atoms with van der Waals surface area (Å²) < 4.78 is 19.2. The van der Waals surface area contributed by atoms with E-state index in [1.807, 2.05) is 38.1 Å². The van der Waals surface area contributed by atoms with E-state index in [9.17, 15) is 4.39 Å². The number of rotatable bonds is 6. The molecular formula is C17H19ClFNO. The van der Waals surface area contributed by atoms with Crippen LogP contribution in [-0.4, -0.2) is 6.04 Å². The van der Waals surface area contributed by atoms with Gasteiger partial charge in [-0.25, -0.2) is 4.39 Å². The van der Waals surface area contributed by atoms with Crippen molar-refractivity contribution in [2.75, 3.05) is 0 Å². The van der Waals surface area contributed by atoms with Crippen molar-refractivity contribution in [2.24, 2.45) is 0 Å². The van der Waals surface area contributed by atoms with E-state index in [2.05, 4.69) is 5.32 Å². The Hall–Kier alpha value is -1.58. The molecule has 2 nitrogen and oxygen atoms in total. The lowest BCUT2D eigenvalue weighted by atomic mass is 10.2. The van der Waals surface area contributed by atoms with Gasteiger partial charge in [0.05, 0.1) is 0 Å². The Kier molecular flexibility index (Phi) is 5.59. The molecule has 0 atom stereocenters. The second kappa shape index (κ2) is 7.43. The first-order chi connectivity index (χ1) is 10.0. The molecule has 0 aliphatic carbocycles. The monoisotopic (exact) mass is 307 g/mol. The third kappa shape index (κ3) is 5.03. The molecule has 0 spiro atoms. The molecule has 21 heavy (non-hydrogen) atoms. The van der Waals surface area contributed by atoms with Crippen LogP contribution in [0, 0.1) is 5.82 Å². The maximum Gasteiger partial charge on any atom is 0.124 e. The van der Waals surface area contributed by atoms with Crippen LogP contribution in [0.5, 0.6) is 5.75 Å². The average molecular weight is 308 g/mol. The van der Waals surface area contributed by atoms with Crippen LogP contribution in [0.1, 0.15) is 25.0 Å². The Labute approximate surface area is 129 Å². The van der Waals surface area contributed by atoms with Crippen LogP contribution >= 0.6 is 11.6 Å². The molecule has 0 aliphatic heterocycles. The summed E-state index contributed by atoms with van der Waals surface area (Å²) in [6, 6.07) is 12.4. The first kappa shape index (κ1) is 15.8. The standard InChI is InChI=1S/C17H19ClFNO/c1-12(2)20-10-14-9-16(19)7-8-17(14)21-11-13-3-5-15(18)6-4-13/h3-9,12,20H,10-11H2,1-2H3. The summed E-state index contributed by atoms with van der Waals surface area (Å²) in [5.41, 5.74) is 1.84. The van der Waals surface area contributed by atoms with Gasteiger partial charge in [-0.1, -0.05) is 37.6 Å². The van der Waals surface area contributed by atoms with Crippen molar-refractivity contribution in [1.82, 2.24) is 5.32 Å². The van der Waals surface area contributed by atoms with Crippen molar-refractivity contribution in [1.29, 1.82) is 0 Å². The van der Waals surface area contributed by atoms with Gasteiger partial charge < -0.3 is 10.1 Å². The summed E-state index contributed by atoms with van der Waals surface area (Å²) >= 11 is 5.85. The Morgan fingerprint density at radius 1 is 1.14 bits per heavy atom. The summed E-state index contributed by atoms with van der Waals surface area (Å²) in [7, 11) is 0. The molecule has 0 saturated carbocycles. The highest BCUT2D eigenvalue weighted by Crippen LogP contribution is 2.21. The average Bonchev–Trinajstić information content (AvgIpc) is 2.45. The van der Waals surface area contributed by atoms with Crippen LogP contribution in [0.3, 0.4) is 0 Å². The maximum absolute atomic E-state index is 13.4. The van der Waals surface area contributed by atoms with Crippen molar-refractivity contribution in [2.45, 2.75) is 33.0 Å². The van der Waals surface area contributed by atoms with Gasteiger partial charge in [-0.2, -0.15) is 0 Å². The van der Waals surface area contributed by atoms with E-state index in [1.54, 1.807) is 6.07 Å². The molecule has 112 valence electrons. The maximum atomic E-state index is 13.4. The minimum atomic E-state index is -0.255. The summed E-state index contributed by atoms with van der Waals surface area (Å²) in [6.07, 6.45) is 0. The number of ether oxygens (including phenoxy) is 1. The van der Waals surface area contributed by atoms with Crippen LogP contribution in [0.15, 0.2) is 42.5 Å². The fourth-order valence-electron chi connectivity index (χ4n) is 1.88. The van der Waals surface area contributed by atoms with E-state index in [4.69, 9.17) is 16.3 Å². The third-order valence-electron chi connectivity index (χ3n) is 3.03. The fourth-order valence-corrected chi connectivity index (χ4v) is 2.01. The Morgan fingerprint density at radius 3 is 2.52 bits per heavy atom. The molecule has 1 N–H and O–H groups in total. The van der Waals surface area contributed by atoms with Gasteiger partial charge >= 0.3 is 0 Å². The van der Waals surface area contributed by atoms with E-state index in [0.29, 0.717) is 30.0 Å². The molecule has 2 rings (SSSR count). The molecule has 0 unspecified atom stereocenters. The van der Waals surface area contributed by atoms with Crippen molar-refractivity contribution in [3.05, 3.63) is 64.4 Å². The zero-order valence-corrected chi connectivity index (χ0v) is 13.0. The van der Waals surface area contributed by atoms with E-state index in [1.165, 1.54) is 12.1 Å². The second-order valence-corrected chi connectivity index (χ2v) is 5.64. The Balaban J connectivity index is 2.06. The van der Waals surface area contributed by atoms with Gasteiger partial charge in [0.2, 0.25) is 0 Å². The molecule has 0 fully saturated rings.